The zero-order chi connectivity index (χ0) is 37.0. The number of hydrogen-bond donors (Lipinski definition) is 0. The van der Waals surface area contributed by atoms with E-state index in [1.165, 1.54) is 73.7 Å². The highest BCUT2D eigenvalue weighted by molar-refractivity contribution is 7.26. The van der Waals surface area contributed by atoms with Crippen LogP contribution in [0.15, 0.2) is 194 Å². The van der Waals surface area contributed by atoms with Crippen molar-refractivity contribution in [2.45, 2.75) is 0 Å². The SMILES string of the molecule is c1cc(-c2cc(-c3cccc(-c4ccccc4-c4cccc5c4sc4ccccc45)c3)ncn2)cc(-c2ccccc2-c2cccc3c2sc2ccccc23)c1. The molecule has 3 heterocycles. The van der Waals surface area contributed by atoms with Gasteiger partial charge in [0.2, 0.25) is 0 Å². The van der Waals surface area contributed by atoms with E-state index in [0.29, 0.717) is 0 Å². The van der Waals surface area contributed by atoms with Crippen molar-refractivity contribution in [3.05, 3.63) is 194 Å². The summed E-state index contributed by atoms with van der Waals surface area (Å²) in [6, 6.07) is 67.9. The maximum absolute atomic E-state index is 4.79. The molecule has 0 fully saturated rings. The van der Waals surface area contributed by atoms with Crippen LogP contribution < -0.4 is 0 Å². The van der Waals surface area contributed by atoms with E-state index in [1.54, 1.807) is 6.33 Å². The molecule has 0 N–H and O–H groups in total. The molecule has 0 aliphatic rings. The van der Waals surface area contributed by atoms with Crippen molar-refractivity contribution in [1.29, 1.82) is 0 Å². The number of benzene rings is 8. The first-order valence-corrected chi connectivity index (χ1v) is 20.4. The third-order valence-corrected chi connectivity index (χ3v) is 13.3. The molecular weight excluding hydrogens is 717 g/mol. The average Bonchev–Trinajstić information content (AvgIpc) is 3.86. The maximum Gasteiger partial charge on any atom is 0.116 e. The highest BCUT2D eigenvalue weighted by atomic mass is 32.1. The maximum atomic E-state index is 4.79. The van der Waals surface area contributed by atoms with E-state index in [9.17, 15) is 0 Å². The number of nitrogens with zero attached hydrogens (tertiary/aromatic N) is 2. The number of hydrogen-bond acceptors (Lipinski definition) is 4. The lowest BCUT2D eigenvalue weighted by Crippen LogP contribution is -1.91. The Morgan fingerprint density at radius 3 is 1.16 bits per heavy atom. The van der Waals surface area contributed by atoms with Gasteiger partial charge in [0.1, 0.15) is 6.33 Å². The van der Waals surface area contributed by atoms with Crippen molar-refractivity contribution in [2.24, 2.45) is 0 Å². The van der Waals surface area contributed by atoms with E-state index in [4.69, 9.17) is 9.97 Å². The van der Waals surface area contributed by atoms with Gasteiger partial charge < -0.3 is 0 Å². The van der Waals surface area contributed by atoms with Crippen molar-refractivity contribution >= 4 is 63.0 Å². The number of rotatable bonds is 6. The van der Waals surface area contributed by atoms with Gasteiger partial charge in [0.05, 0.1) is 11.4 Å². The fourth-order valence-corrected chi connectivity index (χ4v) is 10.7. The Morgan fingerprint density at radius 2 is 0.661 bits per heavy atom. The summed E-state index contributed by atoms with van der Waals surface area (Å²) in [5.41, 5.74) is 13.6. The second-order valence-electron chi connectivity index (χ2n) is 14.1. The second-order valence-corrected chi connectivity index (χ2v) is 16.2. The summed E-state index contributed by atoms with van der Waals surface area (Å²) in [5, 5.41) is 5.24. The van der Waals surface area contributed by atoms with Gasteiger partial charge in [0.15, 0.2) is 0 Å². The first kappa shape index (κ1) is 32.7. The van der Waals surface area contributed by atoms with E-state index in [0.717, 1.165) is 33.6 Å². The van der Waals surface area contributed by atoms with E-state index < -0.39 is 0 Å². The lowest BCUT2D eigenvalue weighted by atomic mass is 9.92. The fourth-order valence-electron chi connectivity index (χ4n) is 8.22. The monoisotopic (exact) mass is 748 g/mol. The molecule has 0 radical (unpaired) electrons. The third kappa shape index (κ3) is 5.53. The average molecular weight is 749 g/mol. The quantitative estimate of drug-likeness (QED) is 0.169. The van der Waals surface area contributed by atoms with Crippen LogP contribution in [0.3, 0.4) is 0 Å². The van der Waals surface area contributed by atoms with Gasteiger partial charge >= 0.3 is 0 Å². The minimum absolute atomic E-state index is 0.892. The van der Waals surface area contributed by atoms with Gasteiger partial charge in [0.25, 0.3) is 0 Å². The molecular formula is C52H32N2S2. The lowest BCUT2D eigenvalue weighted by Gasteiger charge is -2.13. The molecule has 2 nitrogen and oxygen atoms in total. The van der Waals surface area contributed by atoms with Gasteiger partial charge in [0, 0.05) is 62.6 Å². The molecule has 3 aromatic heterocycles. The molecule has 56 heavy (non-hydrogen) atoms. The van der Waals surface area contributed by atoms with Crippen LogP contribution in [0.25, 0.3) is 107 Å². The lowest BCUT2D eigenvalue weighted by molar-refractivity contribution is 1.18. The molecule has 262 valence electrons. The molecule has 4 heteroatoms. The Hall–Kier alpha value is -6.72. The molecule has 0 spiro atoms. The normalized spacial score (nSPS) is 11.6. The molecule has 0 aliphatic carbocycles. The zero-order valence-corrected chi connectivity index (χ0v) is 31.8. The topological polar surface area (TPSA) is 25.8 Å². The smallest absolute Gasteiger partial charge is 0.116 e. The Balaban J connectivity index is 0.960. The van der Waals surface area contributed by atoms with Crippen LogP contribution in [0, 0.1) is 0 Å². The predicted molar refractivity (Wildman–Crippen MR) is 240 cm³/mol. The minimum Gasteiger partial charge on any atom is -0.236 e. The first-order valence-electron chi connectivity index (χ1n) is 18.8. The summed E-state index contributed by atoms with van der Waals surface area (Å²) in [4.78, 5) is 9.58. The molecule has 0 saturated carbocycles. The van der Waals surface area contributed by atoms with Gasteiger partial charge in [-0.3, -0.25) is 0 Å². The van der Waals surface area contributed by atoms with Crippen LogP contribution in [0.4, 0.5) is 0 Å². The van der Waals surface area contributed by atoms with Gasteiger partial charge in [-0.05, 0) is 63.7 Å². The minimum atomic E-state index is 0.892. The Labute approximate surface area is 332 Å². The fraction of sp³-hybridized carbons (Fsp3) is 0. The molecule has 0 bridgehead atoms. The Bertz CT molecular complexity index is 3060. The summed E-state index contributed by atoms with van der Waals surface area (Å²) in [5.74, 6) is 0. The van der Waals surface area contributed by atoms with Gasteiger partial charge in [-0.25, -0.2) is 9.97 Å². The van der Waals surface area contributed by atoms with Crippen LogP contribution in [-0.2, 0) is 0 Å². The largest absolute Gasteiger partial charge is 0.236 e. The van der Waals surface area contributed by atoms with E-state index in [2.05, 4.69) is 188 Å². The van der Waals surface area contributed by atoms with Gasteiger partial charge in [-0.2, -0.15) is 0 Å². The van der Waals surface area contributed by atoms with Crippen LogP contribution >= 0.6 is 22.7 Å². The summed E-state index contributed by atoms with van der Waals surface area (Å²) >= 11 is 3.74. The summed E-state index contributed by atoms with van der Waals surface area (Å²) in [6.07, 6.45) is 1.69. The highest BCUT2D eigenvalue weighted by Gasteiger charge is 2.17. The van der Waals surface area contributed by atoms with Crippen LogP contribution in [0.1, 0.15) is 0 Å². The number of aromatic nitrogens is 2. The second kappa shape index (κ2) is 13.5. The number of thiophene rings is 2. The summed E-state index contributed by atoms with van der Waals surface area (Å²) in [6.45, 7) is 0. The van der Waals surface area contributed by atoms with Crippen LogP contribution in [0.2, 0.25) is 0 Å². The van der Waals surface area contributed by atoms with E-state index in [1.807, 2.05) is 22.7 Å². The van der Waals surface area contributed by atoms with Crippen molar-refractivity contribution in [1.82, 2.24) is 9.97 Å². The molecule has 8 aromatic carbocycles. The Morgan fingerprint density at radius 1 is 0.286 bits per heavy atom. The summed E-state index contributed by atoms with van der Waals surface area (Å²) in [7, 11) is 0. The third-order valence-electron chi connectivity index (χ3n) is 10.8. The van der Waals surface area contributed by atoms with Gasteiger partial charge in [-0.15, -0.1) is 22.7 Å². The van der Waals surface area contributed by atoms with Gasteiger partial charge in [-0.1, -0.05) is 158 Å². The zero-order valence-electron chi connectivity index (χ0n) is 30.2. The Kier molecular flexibility index (Phi) is 7.90. The first-order chi connectivity index (χ1) is 27.8. The molecule has 11 rings (SSSR count). The standard InChI is InChI=1S/C52H32N2S2/c1-3-19-39(43-23-11-25-45-41-21-5-7-27-49(41)55-51(43)45)37(17-1)33-13-9-15-35(29-33)47-31-48(54-32-53-47)36-16-10-14-34(30-36)38-18-2-4-20-40(38)44-24-12-26-46-42-22-6-8-28-50(42)56-52(44)46/h1-32H. The van der Waals surface area contributed by atoms with Crippen molar-refractivity contribution in [3.8, 4) is 67.0 Å². The van der Waals surface area contributed by atoms with Crippen LogP contribution in [0.5, 0.6) is 0 Å². The molecule has 11 aromatic rings. The molecule has 0 aliphatic heterocycles. The van der Waals surface area contributed by atoms with E-state index in [-0.39, 0.29) is 0 Å². The van der Waals surface area contributed by atoms with Crippen molar-refractivity contribution in [2.75, 3.05) is 0 Å². The highest BCUT2D eigenvalue weighted by Crippen LogP contribution is 2.45. The van der Waals surface area contributed by atoms with E-state index >= 15 is 0 Å². The molecule has 0 saturated heterocycles. The molecule has 0 unspecified atom stereocenters. The predicted octanol–water partition coefficient (Wildman–Crippen LogP) is 15.2. The van der Waals surface area contributed by atoms with Crippen molar-refractivity contribution < 1.29 is 0 Å². The summed E-state index contributed by atoms with van der Waals surface area (Å²) < 4.78 is 5.27. The number of fused-ring (bicyclic) bond motifs is 6. The van der Waals surface area contributed by atoms with Crippen molar-refractivity contribution in [3.63, 3.8) is 0 Å². The van der Waals surface area contributed by atoms with Crippen LogP contribution in [-0.4, -0.2) is 9.97 Å². The molecule has 0 amide bonds. The molecule has 0 atom stereocenters.